The largest absolute Gasteiger partial charge is 0.484 e. The maximum absolute atomic E-state index is 12.9. The number of aryl methyl sites for hydroxylation is 2. The summed E-state index contributed by atoms with van der Waals surface area (Å²) in [5.74, 6) is 0.251. The van der Waals surface area contributed by atoms with Crippen LogP contribution in [-0.2, 0) is 22.6 Å². The zero-order valence-corrected chi connectivity index (χ0v) is 17.2. The second-order valence-corrected chi connectivity index (χ2v) is 6.86. The number of hydrogen-bond donors (Lipinski definition) is 1. The molecule has 0 unspecified atom stereocenters. The van der Waals surface area contributed by atoms with Crippen molar-refractivity contribution in [1.29, 1.82) is 0 Å². The number of hydrogen-bond acceptors (Lipinski definition) is 3. The number of carbonyl (C=O) groups excluding carboxylic acids is 2. The van der Waals surface area contributed by atoms with Gasteiger partial charge in [0.15, 0.2) is 6.61 Å². The van der Waals surface area contributed by atoms with Crippen molar-refractivity contribution < 1.29 is 14.3 Å². The van der Waals surface area contributed by atoms with E-state index in [2.05, 4.69) is 12.2 Å². The van der Waals surface area contributed by atoms with Crippen molar-refractivity contribution in [1.82, 2.24) is 10.2 Å². The van der Waals surface area contributed by atoms with Crippen LogP contribution in [0.1, 0.15) is 37.5 Å². The fourth-order valence-electron chi connectivity index (χ4n) is 2.84. The molecule has 0 fully saturated rings. The Labute approximate surface area is 167 Å². The average Bonchev–Trinajstić information content (AvgIpc) is 2.71. The minimum Gasteiger partial charge on any atom is -0.484 e. The molecule has 0 saturated carbocycles. The summed E-state index contributed by atoms with van der Waals surface area (Å²) in [5.41, 5.74) is 3.34. The first-order chi connectivity index (χ1) is 13.4. The van der Waals surface area contributed by atoms with Gasteiger partial charge in [-0.05, 0) is 50.5 Å². The fraction of sp³-hybridized carbons (Fsp3) is 0.391. The molecule has 2 aromatic carbocycles. The molecule has 0 heterocycles. The molecule has 0 spiro atoms. The molecule has 0 aromatic heterocycles. The Morgan fingerprint density at radius 3 is 2.18 bits per heavy atom. The predicted octanol–water partition coefficient (Wildman–Crippen LogP) is 3.49. The van der Waals surface area contributed by atoms with E-state index in [4.69, 9.17) is 4.74 Å². The molecule has 0 aliphatic rings. The molecule has 28 heavy (non-hydrogen) atoms. The first-order valence-corrected chi connectivity index (χ1v) is 9.79. The molecule has 2 amide bonds. The molecular weight excluding hydrogens is 352 g/mol. The van der Waals surface area contributed by atoms with Crippen LogP contribution in [0, 0.1) is 6.92 Å². The van der Waals surface area contributed by atoms with Crippen LogP contribution in [0.4, 0.5) is 0 Å². The number of carbonyl (C=O) groups is 2. The second kappa shape index (κ2) is 10.5. The minimum absolute atomic E-state index is 0.110. The van der Waals surface area contributed by atoms with Crippen LogP contribution in [0.25, 0.3) is 0 Å². The highest BCUT2D eigenvalue weighted by Gasteiger charge is 2.26. The molecule has 0 bridgehead atoms. The quantitative estimate of drug-likeness (QED) is 0.722. The molecule has 2 aromatic rings. The standard InChI is InChI=1S/C23H30N2O3/c1-5-19-11-13-21(14-12-19)28-16-22(26)25(18(4)23(27)24-6-2)15-20-9-7-17(3)8-10-20/h7-14,18H,5-6,15-16H2,1-4H3,(H,24,27)/t18-/m0/s1. The third-order valence-electron chi connectivity index (χ3n) is 4.69. The Hall–Kier alpha value is -2.82. The lowest BCUT2D eigenvalue weighted by Crippen LogP contribution is -2.49. The van der Waals surface area contributed by atoms with Gasteiger partial charge in [0.1, 0.15) is 11.8 Å². The maximum atomic E-state index is 12.9. The summed E-state index contributed by atoms with van der Waals surface area (Å²) in [4.78, 5) is 26.8. The van der Waals surface area contributed by atoms with Crippen LogP contribution in [0.15, 0.2) is 48.5 Å². The highest BCUT2D eigenvalue weighted by molar-refractivity contribution is 5.87. The van der Waals surface area contributed by atoms with Crippen LogP contribution in [0.3, 0.4) is 0 Å². The summed E-state index contributed by atoms with van der Waals surface area (Å²) >= 11 is 0. The Balaban J connectivity index is 2.10. The summed E-state index contributed by atoms with van der Waals surface area (Å²) in [5, 5.41) is 2.79. The molecule has 1 atom stereocenters. The highest BCUT2D eigenvalue weighted by Crippen LogP contribution is 2.15. The number of nitrogens with one attached hydrogen (secondary N) is 1. The van der Waals surface area contributed by atoms with Crippen molar-refractivity contribution in [2.24, 2.45) is 0 Å². The van der Waals surface area contributed by atoms with Gasteiger partial charge >= 0.3 is 0 Å². The number of likely N-dealkylation sites (N-methyl/N-ethyl adjacent to an activating group) is 1. The molecule has 0 saturated heterocycles. The van der Waals surface area contributed by atoms with Gasteiger partial charge in [0.25, 0.3) is 5.91 Å². The topological polar surface area (TPSA) is 58.6 Å². The lowest BCUT2D eigenvalue weighted by molar-refractivity contribution is -0.142. The molecule has 5 heteroatoms. The van der Waals surface area contributed by atoms with Gasteiger partial charge in [0, 0.05) is 13.1 Å². The zero-order chi connectivity index (χ0) is 20.5. The number of nitrogens with zero attached hydrogens (tertiary/aromatic N) is 1. The SMILES string of the molecule is CCNC(=O)[C@H](C)N(Cc1ccc(C)cc1)C(=O)COc1ccc(CC)cc1. The van der Waals surface area contributed by atoms with Gasteiger partial charge in [-0.25, -0.2) is 0 Å². The van der Waals surface area contributed by atoms with Crippen LogP contribution >= 0.6 is 0 Å². The van der Waals surface area contributed by atoms with Crippen molar-refractivity contribution in [2.75, 3.05) is 13.2 Å². The van der Waals surface area contributed by atoms with E-state index in [1.165, 1.54) is 5.56 Å². The summed E-state index contributed by atoms with van der Waals surface area (Å²) in [6, 6.07) is 15.1. The highest BCUT2D eigenvalue weighted by atomic mass is 16.5. The second-order valence-electron chi connectivity index (χ2n) is 6.86. The third-order valence-corrected chi connectivity index (χ3v) is 4.69. The first-order valence-electron chi connectivity index (χ1n) is 9.79. The van der Waals surface area contributed by atoms with Crippen LogP contribution < -0.4 is 10.1 Å². The number of amides is 2. The van der Waals surface area contributed by atoms with Gasteiger partial charge in [-0.1, -0.05) is 48.9 Å². The summed E-state index contributed by atoms with van der Waals surface area (Å²) in [6.45, 7) is 8.48. The van der Waals surface area contributed by atoms with Crippen molar-refractivity contribution in [3.8, 4) is 5.75 Å². The van der Waals surface area contributed by atoms with Crippen LogP contribution in [-0.4, -0.2) is 35.9 Å². The van der Waals surface area contributed by atoms with Gasteiger partial charge in [0.2, 0.25) is 5.91 Å². The van der Waals surface area contributed by atoms with Crippen LogP contribution in [0.2, 0.25) is 0 Å². The van der Waals surface area contributed by atoms with E-state index in [9.17, 15) is 9.59 Å². The van der Waals surface area contributed by atoms with Gasteiger partial charge in [-0.3, -0.25) is 9.59 Å². The number of rotatable bonds is 9. The lowest BCUT2D eigenvalue weighted by Gasteiger charge is -2.28. The van der Waals surface area contributed by atoms with Gasteiger partial charge in [-0.2, -0.15) is 0 Å². The molecular formula is C23H30N2O3. The molecule has 2 rings (SSSR count). The first kappa shape index (κ1) is 21.5. The van der Waals surface area contributed by atoms with Crippen molar-refractivity contribution in [3.63, 3.8) is 0 Å². The smallest absolute Gasteiger partial charge is 0.261 e. The molecule has 150 valence electrons. The molecule has 0 aliphatic heterocycles. The maximum Gasteiger partial charge on any atom is 0.261 e. The van der Waals surface area contributed by atoms with E-state index >= 15 is 0 Å². The van der Waals surface area contributed by atoms with Crippen LogP contribution in [0.5, 0.6) is 5.75 Å². The predicted molar refractivity (Wildman–Crippen MR) is 111 cm³/mol. The van der Waals surface area contributed by atoms with E-state index in [1.54, 1.807) is 11.8 Å². The van der Waals surface area contributed by atoms with Gasteiger partial charge in [0.05, 0.1) is 0 Å². The summed E-state index contributed by atoms with van der Waals surface area (Å²) in [6.07, 6.45) is 0.952. The van der Waals surface area contributed by atoms with Crippen molar-refractivity contribution in [2.45, 2.75) is 46.7 Å². The van der Waals surface area contributed by atoms with E-state index < -0.39 is 6.04 Å². The van der Waals surface area contributed by atoms with Crippen molar-refractivity contribution >= 4 is 11.8 Å². The molecule has 0 radical (unpaired) electrons. The zero-order valence-electron chi connectivity index (χ0n) is 17.2. The van der Waals surface area contributed by atoms with E-state index in [0.29, 0.717) is 18.8 Å². The number of ether oxygens (including phenoxy) is 1. The Morgan fingerprint density at radius 1 is 1.00 bits per heavy atom. The average molecular weight is 383 g/mol. The summed E-state index contributed by atoms with van der Waals surface area (Å²) in [7, 11) is 0. The van der Waals surface area contributed by atoms with Gasteiger partial charge in [-0.15, -0.1) is 0 Å². The van der Waals surface area contributed by atoms with Gasteiger partial charge < -0.3 is 15.0 Å². The summed E-state index contributed by atoms with van der Waals surface area (Å²) < 4.78 is 5.67. The molecule has 0 aliphatic carbocycles. The minimum atomic E-state index is -0.583. The third kappa shape index (κ3) is 6.12. The van der Waals surface area contributed by atoms with E-state index in [0.717, 1.165) is 17.5 Å². The Bertz CT molecular complexity index is 769. The normalized spacial score (nSPS) is 11.6. The molecule has 1 N–H and O–H groups in total. The molecule has 5 nitrogen and oxygen atoms in total. The fourth-order valence-corrected chi connectivity index (χ4v) is 2.84. The van der Waals surface area contributed by atoms with E-state index in [1.807, 2.05) is 62.4 Å². The monoisotopic (exact) mass is 382 g/mol. The van der Waals surface area contributed by atoms with Crippen molar-refractivity contribution in [3.05, 3.63) is 65.2 Å². The Kier molecular flexibility index (Phi) is 8.05. The van der Waals surface area contributed by atoms with E-state index in [-0.39, 0.29) is 18.4 Å². The lowest BCUT2D eigenvalue weighted by atomic mass is 10.1. The number of benzene rings is 2. The Morgan fingerprint density at radius 2 is 1.61 bits per heavy atom.